The molecule has 1 aromatic carbocycles. The van der Waals surface area contributed by atoms with E-state index in [1.807, 2.05) is 0 Å². The Hall–Kier alpha value is -1.64. The standard InChI is InChI=1S/C14H18ClN3O4S/c1-18(2)23(21,22)10-5-6-12(15)11(7-10)14(20)16-8-13(19)17-9-3-4-9/h5-7,9H,3-4,8H2,1-2H3,(H,16,20)(H,17,19). The van der Waals surface area contributed by atoms with Gasteiger partial charge in [0.2, 0.25) is 15.9 Å². The van der Waals surface area contributed by atoms with Gasteiger partial charge in [-0.3, -0.25) is 9.59 Å². The lowest BCUT2D eigenvalue weighted by Crippen LogP contribution is -2.38. The van der Waals surface area contributed by atoms with Crippen LogP contribution in [0, 0.1) is 0 Å². The Labute approximate surface area is 140 Å². The normalized spacial score (nSPS) is 14.6. The third kappa shape index (κ3) is 4.43. The number of carbonyl (C=O) groups is 2. The molecule has 0 radical (unpaired) electrons. The van der Waals surface area contributed by atoms with Crippen LogP contribution in [0.15, 0.2) is 23.1 Å². The van der Waals surface area contributed by atoms with Crippen molar-refractivity contribution < 1.29 is 18.0 Å². The second-order valence-corrected chi connectivity index (χ2v) is 8.01. The van der Waals surface area contributed by atoms with Crippen molar-refractivity contribution in [1.82, 2.24) is 14.9 Å². The molecule has 1 aliphatic carbocycles. The fourth-order valence-corrected chi connectivity index (χ4v) is 2.94. The minimum absolute atomic E-state index is 0.00816. The Kier molecular flexibility index (Phi) is 5.28. The number of carbonyl (C=O) groups excluding carboxylic acids is 2. The highest BCUT2D eigenvalue weighted by Gasteiger charge is 2.24. The van der Waals surface area contributed by atoms with Crippen LogP contribution < -0.4 is 10.6 Å². The van der Waals surface area contributed by atoms with E-state index in [1.165, 1.54) is 32.3 Å². The van der Waals surface area contributed by atoms with Gasteiger partial charge in [0.05, 0.1) is 22.0 Å². The molecule has 1 fully saturated rings. The summed E-state index contributed by atoms with van der Waals surface area (Å²) in [5, 5.41) is 5.29. The van der Waals surface area contributed by atoms with Crippen LogP contribution in [0.2, 0.25) is 5.02 Å². The minimum atomic E-state index is -3.67. The van der Waals surface area contributed by atoms with Crippen molar-refractivity contribution in [3.05, 3.63) is 28.8 Å². The Balaban J connectivity index is 2.11. The largest absolute Gasteiger partial charge is 0.352 e. The number of hydrogen-bond acceptors (Lipinski definition) is 4. The summed E-state index contributed by atoms with van der Waals surface area (Å²) in [7, 11) is -0.884. The zero-order valence-corrected chi connectivity index (χ0v) is 14.4. The van der Waals surface area contributed by atoms with Crippen LogP contribution in [0.3, 0.4) is 0 Å². The molecule has 126 valence electrons. The maximum atomic E-state index is 12.1. The minimum Gasteiger partial charge on any atom is -0.352 e. The topological polar surface area (TPSA) is 95.6 Å². The van der Waals surface area contributed by atoms with Crippen LogP contribution in [-0.4, -0.2) is 51.2 Å². The van der Waals surface area contributed by atoms with E-state index in [-0.39, 0.29) is 34.0 Å². The van der Waals surface area contributed by atoms with Crippen LogP contribution in [0.1, 0.15) is 23.2 Å². The molecule has 7 nitrogen and oxygen atoms in total. The SMILES string of the molecule is CN(C)S(=O)(=O)c1ccc(Cl)c(C(=O)NCC(=O)NC2CC2)c1. The molecule has 2 N–H and O–H groups in total. The number of amides is 2. The van der Waals surface area contributed by atoms with Gasteiger partial charge in [-0.2, -0.15) is 0 Å². The summed E-state index contributed by atoms with van der Waals surface area (Å²) >= 11 is 5.96. The lowest BCUT2D eigenvalue weighted by molar-refractivity contribution is -0.120. The quantitative estimate of drug-likeness (QED) is 0.777. The summed E-state index contributed by atoms with van der Waals surface area (Å²) in [5.74, 6) is -0.884. The summed E-state index contributed by atoms with van der Waals surface area (Å²) in [4.78, 5) is 23.7. The molecule has 0 bridgehead atoms. The number of nitrogens with one attached hydrogen (secondary N) is 2. The molecular weight excluding hydrogens is 342 g/mol. The summed E-state index contributed by atoms with van der Waals surface area (Å²) in [5.41, 5.74) is 0.00816. The maximum Gasteiger partial charge on any atom is 0.253 e. The summed E-state index contributed by atoms with van der Waals surface area (Å²) in [6.07, 6.45) is 1.91. The molecule has 2 rings (SSSR count). The van der Waals surface area contributed by atoms with E-state index < -0.39 is 15.9 Å². The molecule has 1 saturated carbocycles. The van der Waals surface area contributed by atoms with Crippen LogP contribution in [-0.2, 0) is 14.8 Å². The predicted molar refractivity (Wildman–Crippen MR) is 85.8 cm³/mol. The molecular formula is C14H18ClN3O4S. The molecule has 2 amide bonds. The first kappa shape index (κ1) is 17.7. The predicted octanol–water partition coefficient (Wildman–Crippen LogP) is 0.599. The lowest BCUT2D eigenvalue weighted by Gasteiger charge is -2.13. The Morgan fingerprint density at radius 1 is 1.30 bits per heavy atom. The van der Waals surface area contributed by atoms with Crippen molar-refractivity contribution >= 4 is 33.4 Å². The van der Waals surface area contributed by atoms with Crippen LogP contribution >= 0.6 is 11.6 Å². The Morgan fingerprint density at radius 2 is 1.96 bits per heavy atom. The zero-order chi connectivity index (χ0) is 17.2. The number of nitrogens with zero attached hydrogens (tertiary/aromatic N) is 1. The van der Waals surface area contributed by atoms with E-state index in [2.05, 4.69) is 10.6 Å². The number of rotatable bonds is 6. The van der Waals surface area contributed by atoms with Crippen molar-refractivity contribution in [3.63, 3.8) is 0 Å². The number of benzene rings is 1. The molecule has 1 aromatic rings. The number of sulfonamides is 1. The fraction of sp³-hybridized carbons (Fsp3) is 0.429. The van der Waals surface area contributed by atoms with Crippen LogP contribution in [0.5, 0.6) is 0 Å². The molecule has 23 heavy (non-hydrogen) atoms. The van der Waals surface area contributed by atoms with Crippen molar-refractivity contribution in [2.24, 2.45) is 0 Å². The summed E-state index contributed by atoms with van der Waals surface area (Å²) in [6, 6.07) is 4.08. The molecule has 0 atom stereocenters. The van der Waals surface area contributed by atoms with Crippen molar-refractivity contribution in [1.29, 1.82) is 0 Å². The van der Waals surface area contributed by atoms with Gasteiger partial charge in [-0.15, -0.1) is 0 Å². The first-order valence-corrected chi connectivity index (χ1v) is 8.83. The second-order valence-electron chi connectivity index (χ2n) is 5.45. The van der Waals surface area contributed by atoms with Gasteiger partial charge in [0.15, 0.2) is 0 Å². The van der Waals surface area contributed by atoms with Gasteiger partial charge in [0.25, 0.3) is 5.91 Å². The van der Waals surface area contributed by atoms with Crippen molar-refractivity contribution in [2.45, 2.75) is 23.8 Å². The van der Waals surface area contributed by atoms with Gasteiger partial charge in [-0.05, 0) is 31.0 Å². The first-order valence-electron chi connectivity index (χ1n) is 7.01. The summed E-state index contributed by atoms with van der Waals surface area (Å²) in [6.45, 7) is -0.184. The zero-order valence-electron chi connectivity index (χ0n) is 12.8. The van der Waals surface area contributed by atoms with Crippen LogP contribution in [0.4, 0.5) is 0 Å². The van der Waals surface area contributed by atoms with E-state index in [4.69, 9.17) is 11.6 Å². The lowest BCUT2D eigenvalue weighted by atomic mass is 10.2. The molecule has 0 spiro atoms. The molecule has 9 heteroatoms. The highest BCUT2D eigenvalue weighted by molar-refractivity contribution is 7.89. The van der Waals surface area contributed by atoms with E-state index in [0.717, 1.165) is 17.1 Å². The average molecular weight is 360 g/mol. The maximum absolute atomic E-state index is 12.1. The number of halogens is 1. The fourth-order valence-electron chi connectivity index (χ4n) is 1.81. The molecule has 0 saturated heterocycles. The molecule has 1 aliphatic rings. The second kappa shape index (κ2) is 6.86. The van der Waals surface area contributed by atoms with Crippen LogP contribution in [0.25, 0.3) is 0 Å². The van der Waals surface area contributed by atoms with E-state index in [9.17, 15) is 18.0 Å². The highest BCUT2D eigenvalue weighted by Crippen LogP contribution is 2.22. The van der Waals surface area contributed by atoms with Gasteiger partial charge in [0.1, 0.15) is 0 Å². The third-order valence-corrected chi connectivity index (χ3v) is 5.45. The van der Waals surface area contributed by atoms with Crippen molar-refractivity contribution in [2.75, 3.05) is 20.6 Å². The highest BCUT2D eigenvalue weighted by atomic mass is 35.5. The van der Waals surface area contributed by atoms with Gasteiger partial charge in [-0.1, -0.05) is 11.6 Å². The molecule has 0 heterocycles. The van der Waals surface area contributed by atoms with E-state index in [1.54, 1.807) is 0 Å². The third-order valence-electron chi connectivity index (χ3n) is 3.31. The Morgan fingerprint density at radius 3 is 2.52 bits per heavy atom. The summed E-state index contributed by atoms with van der Waals surface area (Å²) < 4.78 is 25.2. The molecule has 0 aliphatic heterocycles. The molecule has 0 aromatic heterocycles. The number of hydrogen-bond donors (Lipinski definition) is 2. The monoisotopic (exact) mass is 359 g/mol. The van der Waals surface area contributed by atoms with E-state index >= 15 is 0 Å². The van der Waals surface area contributed by atoms with Gasteiger partial charge in [-0.25, -0.2) is 12.7 Å². The Bertz CT molecular complexity index is 730. The van der Waals surface area contributed by atoms with Gasteiger partial charge >= 0.3 is 0 Å². The van der Waals surface area contributed by atoms with Crippen molar-refractivity contribution in [3.8, 4) is 0 Å². The average Bonchev–Trinajstić information content (AvgIpc) is 3.28. The van der Waals surface area contributed by atoms with E-state index in [0.29, 0.717) is 0 Å². The first-order chi connectivity index (χ1) is 10.7. The van der Waals surface area contributed by atoms with Gasteiger partial charge < -0.3 is 10.6 Å². The molecule has 0 unspecified atom stereocenters. The smallest absolute Gasteiger partial charge is 0.253 e. The van der Waals surface area contributed by atoms with Gasteiger partial charge in [0, 0.05) is 20.1 Å².